The summed E-state index contributed by atoms with van der Waals surface area (Å²) in [4.78, 5) is 31.8. The molecule has 3 saturated heterocycles. The van der Waals surface area contributed by atoms with E-state index in [0.29, 0.717) is 19.8 Å². The average Bonchev–Trinajstić information content (AvgIpc) is 3.39. The highest BCUT2D eigenvalue weighted by atomic mass is 16.5. The summed E-state index contributed by atoms with van der Waals surface area (Å²) in [7, 11) is 0. The number of benzene rings is 1. The van der Waals surface area contributed by atoms with Crippen LogP contribution < -0.4 is 0 Å². The molecule has 5 rings (SSSR count). The number of nitrogens with zero attached hydrogens (tertiary/aromatic N) is 2. The van der Waals surface area contributed by atoms with E-state index >= 15 is 0 Å². The Kier molecular flexibility index (Phi) is 4.89. The number of likely N-dealkylation sites (tertiary alicyclic amines) is 2. The van der Waals surface area contributed by atoms with Crippen molar-refractivity contribution in [3.8, 4) is 0 Å². The molecule has 4 aliphatic rings. The van der Waals surface area contributed by atoms with Crippen molar-refractivity contribution in [1.29, 1.82) is 0 Å². The van der Waals surface area contributed by atoms with Gasteiger partial charge in [-0.3, -0.25) is 9.59 Å². The molecule has 29 heavy (non-hydrogen) atoms. The van der Waals surface area contributed by atoms with Gasteiger partial charge in [0, 0.05) is 38.3 Å². The standard InChI is InChI=1S/C24H32N2O3/c27-21(25-14-4-5-15-25)20-23(12-17-29-18-13-23)9-6-16-26(20)22(28)24(10-11-24)19-7-2-1-3-8-19/h1-3,7-8,20H,4-6,9-18H2. The van der Waals surface area contributed by atoms with Crippen molar-refractivity contribution in [1.82, 2.24) is 9.80 Å². The molecule has 1 spiro atoms. The van der Waals surface area contributed by atoms with Gasteiger partial charge in [0.25, 0.3) is 0 Å². The zero-order chi connectivity index (χ0) is 19.9. The zero-order valence-electron chi connectivity index (χ0n) is 17.3. The van der Waals surface area contributed by atoms with Gasteiger partial charge in [-0.1, -0.05) is 30.3 Å². The largest absolute Gasteiger partial charge is 0.381 e. The lowest BCUT2D eigenvalue weighted by Gasteiger charge is -2.52. The number of ether oxygens (including phenoxy) is 1. The first-order valence-electron chi connectivity index (χ1n) is 11.4. The van der Waals surface area contributed by atoms with Gasteiger partial charge in [-0.15, -0.1) is 0 Å². The Morgan fingerprint density at radius 1 is 0.862 bits per heavy atom. The smallest absolute Gasteiger partial charge is 0.245 e. The van der Waals surface area contributed by atoms with Crippen molar-refractivity contribution in [3.05, 3.63) is 35.9 Å². The molecule has 0 bridgehead atoms. The molecule has 4 fully saturated rings. The van der Waals surface area contributed by atoms with E-state index in [-0.39, 0.29) is 23.3 Å². The van der Waals surface area contributed by atoms with Crippen LogP contribution in [-0.2, 0) is 19.7 Å². The lowest BCUT2D eigenvalue weighted by molar-refractivity contribution is -0.162. The maximum absolute atomic E-state index is 14.0. The van der Waals surface area contributed by atoms with Gasteiger partial charge < -0.3 is 14.5 Å². The zero-order valence-corrected chi connectivity index (χ0v) is 17.3. The number of hydrogen-bond acceptors (Lipinski definition) is 3. The highest BCUT2D eigenvalue weighted by Crippen LogP contribution is 2.52. The molecule has 5 nitrogen and oxygen atoms in total. The van der Waals surface area contributed by atoms with Crippen LogP contribution in [0.25, 0.3) is 0 Å². The van der Waals surface area contributed by atoms with Crippen molar-refractivity contribution in [3.63, 3.8) is 0 Å². The summed E-state index contributed by atoms with van der Waals surface area (Å²) in [6, 6.07) is 9.89. The van der Waals surface area contributed by atoms with E-state index in [4.69, 9.17) is 4.74 Å². The summed E-state index contributed by atoms with van der Waals surface area (Å²) in [5, 5.41) is 0. The second kappa shape index (κ2) is 7.42. The first-order chi connectivity index (χ1) is 14.2. The average molecular weight is 397 g/mol. The van der Waals surface area contributed by atoms with Gasteiger partial charge in [0.2, 0.25) is 11.8 Å². The summed E-state index contributed by atoms with van der Waals surface area (Å²) >= 11 is 0. The van der Waals surface area contributed by atoms with Crippen LogP contribution in [0, 0.1) is 5.41 Å². The van der Waals surface area contributed by atoms with E-state index in [0.717, 1.165) is 70.0 Å². The number of rotatable bonds is 3. The minimum absolute atomic E-state index is 0.112. The SMILES string of the molecule is O=C(C1N(C(=O)C2(c3ccccc3)CC2)CCCC12CCOCC2)N1CCCC1. The van der Waals surface area contributed by atoms with Crippen LogP contribution >= 0.6 is 0 Å². The molecule has 3 heterocycles. The second-order valence-corrected chi connectivity index (χ2v) is 9.46. The second-order valence-electron chi connectivity index (χ2n) is 9.46. The molecule has 1 aliphatic carbocycles. The molecule has 156 valence electrons. The summed E-state index contributed by atoms with van der Waals surface area (Å²) < 4.78 is 5.67. The maximum atomic E-state index is 14.0. The monoisotopic (exact) mass is 396 g/mol. The van der Waals surface area contributed by atoms with Gasteiger partial charge in [-0.05, 0) is 56.9 Å². The molecule has 5 heteroatoms. The van der Waals surface area contributed by atoms with Gasteiger partial charge in [-0.2, -0.15) is 0 Å². The predicted octanol–water partition coefficient (Wildman–Crippen LogP) is 3.13. The Morgan fingerprint density at radius 2 is 1.55 bits per heavy atom. The van der Waals surface area contributed by atoms with Gasteiger partial charge >= 0.3 is 0 Å². The number of amides is 2. The molecular formula is C24H32N2O3. The third-order valence-corrected chi connectivity index (χ3v) is 7.85. The highest BCUT2D eigenvalue weighted by Gasteiger charge is 2.58. The molecule has 1 aromatic rings. The Labute approximate surface area is 173 Å². The van der Waals surface area contributed by atoms with Crippen LogP contribution in [0.2, 0.25) is 0 Å². The minimum atomic E-state index is -0.408. The number of hydrogen-bond donors (Lipinski definition) is 0. The summed E-state index contributed by atoms with van der Waals surface area (Å²) in [6.45, 7) is 3.80. The van der Waals surface area contributed by atoms with E-state index < -0.39 is 5.41 Å². The third-order valence-electron chi connectivity index (χ3n) is 7.85. The van der Waals surface area contributed by atoms with Gasteiger partial charge in [-0.25, -0.2) is 0 Å². The van der Waals surface area contributed by atoms with Crippen molar-refractivity contribution in [2.45, 2.75) is 62.8 Å². The highest BCUT2D eigenvalue weighted by molar-refractivity contribution is 5.96. The van der Waals surface area contributed by atoms with E-state index in [1.807, 2.05) is 28.0 Å². The van der Waals surface area contributed by atoms with Crippen LogP contribution in [0.15, 0.2) is 30.3 Å². The molecule has 2 amide bonds. The minimum Gasteiger partial charge on any atom is -0.381 e. The third kappa shape index (κ3) is 3.18. The lowest BCUT2D eigenvalue weighted by atomic mass is 9.67. The quantitative estimate of drug-likeness (QED) is 0.789. The van der Waals surface area contributed by atoms with E-state index in [1.54, 1.807) is 0 Å². The number of piperidine rings is 1. The topological polar surface area (TPSA) is 49.9 Å². The van der Waals surface area contributed by atoms with Crippen molar-refractivity contribution >= 4 is 11.8 Å². The molecule has 1 atom stereocenters. The molecule has 3 aliphatic heterocycles. The fourth-order valence-electron chi connectivity index (χ4n) is 6.01. The summed E-state index contributed by atoms with van der Waals surface area (Å²) in [5.41, 5.74) is 0.594. The van der Waals surface area contributed by atoms with Crippen LogP contribution in [0.5, 0.6) is 0 Å². The van der Waals surface area contributed by atoms with Crippen LogP contribution in [-0.4, -0.2) is 60.5 Å². The van der Waals surface area contributed by atoms with E-state index in [2.05, 4.69) is 12.1 Å². The normalized spacial score (nSPS) is 27.8. The first-order valence-corrected chi connectivity index (χ1v) is 11.4. The molecule has 1 unspecified atom stereocenters. The summed E-state index contributed by atoms with van der Waals surface area (Å²) in [5.74, 6) is 0.383. The molecule has 1 saturated carbocycles. The molecule has 0 radical (unpaired) electrons. The van der Waals surface area contributed by atoms with Gasteiger partial charge in [0.05, 0.1) is 5.41 Å². The fraction of sp³-hybridized carbons (Fsp3) is 0.667. The van der Waals surface area contributed by atoms with Gasteiger partial charge in [0.15, 0.2) is 0 Å². The van der Waals surface area contributed by atoms with E-state index in [1.165, 1.54) is 0 Å². The molecule has 1 aromatic carbocycles. The first kappa shape index (κ1) is 19.1. The van der Waals surface area contributed by atoms with Crippen molar-refractivity contribution in [2.24, 2.45) is 5.41 Å². The molecular weight excluding hydrogens is 364 g/mol. The van der Waals surface area contributed by atoms with Crippen LogP contribution in [0.3, 0.4) is 0 Å². The lowest BCUT2D eigenvalue weighted by Crippen LogP contribution is -2.63. The summed E-state index contributed by atoms with van der Waals surface area (Å²) in [6.07, 6.45) is 7.74. The molecule has 0 aromatic heterocycles. The van der Waals surface area contributed by atoms with E-state index in [9.17, 15) is 9.59 Å². The van der Waals surface area contributed by atoms with Crippen molar-refractivity contribution < 1.29 is 14.3 Å². The van der Waals surface area contributed by atoms with Crippen molar-refractivity contribution in [2.75, 3.05) is 32.8 Å². The van der Waals surface area contributed by atoms with Crippen LogP contribution in [0.4, 0.5) is 0 Å². The maximum Gasteiger partial charge on any atom is 0.245 e. The van der Waals surface area contributed by atoms with Gasteiger partial charge in [0.1, 0.15) is 6.04 Å². The predicted molar refractivity (Wildman–Crippen MR) is 110 cm³/mol. The Balaban J connectivity index is 1.49. The Bertz CT molecular complexity index is 756. The number of carbonyl (C=O) groups is 2. The molecule has 0 N–H and O–H groups in total. The fourth-order valence-corrected chi connectivity index (χ4v) is 6.01. The number of carbonyl (C=O) groups excluding carboxylic acids is 2. The Hall–Kier alpha value is -1.88. The van der Waals surface area contributed by atoms with Crippen LogP contribution in [0.1, 0.15) is 56.9 Å². The Morgan fingerprint density at radius 3 is 2.21 bits per heavy atom.